The number of aryl methyl sites for hydroxylation is 2. The molecule has 136 valence electrons. The number of benzene rings is 2. The predicted octanol–water partition coefficient (Wildman–Crippen LogP) is 2.48. The van der Waals surface area contributed by atoms with Gasteiger partial charge in [-0.2, -0.15) is 0 Å². The quantitative estimate of drug-likeness (QED) is 0.693. The van der Waals surface area contributed by atoms with Gasteiger partial charge >= 0.3 is 5.69 Å². The van der Waals surface area contributed by atoms with Gasteiger partial charge in [0.15, 0.2) is 6.10 Å². The van der Waals surface area contributed by atoms with Crippen LogP contribution < -0.4 is 11.0 Å². The van der Waals surface area contributed by atoms with Crippen molar-refractivity contribution in [1.29, 1.82) is 0 Å². The van der Waals surface area contributed by atoms with Crippen molar-refractivity contribution in [1.82, 2.24) is 14.9 Å². The average molecular weight is 352 g/mol. The van der Waals surface area contributed by atoms with Gasteiger partial charge in [-0.3, -0.25) is 4.57 Å². The Morgan fingerprint density at radius 1 is 1.23 bits per heavy atom. The molecule has 2 heterocycles. The first-order valence-corrected chi connectivity index (χ1v) is 9.36. The fourth-order valence-electron chi connectivity index (χ4n) is 4.02. The van der Waals surface area contributed by atoms with E-state index in [4.69, 9.17) is 5.11 Å². The van der Waals surface area contributed by atoms with Crippen LogP contribution in [0.15, 0.2) is 53.3 Å². The predicted molar refractivity (Wildman–Crippen MR) is 105 cm³/mol. The molecule has 4 N–H and O–H groups in total. The Labute approximate surface area is 152 Å². The lowest BCUT2D eigenvalue weighted by Gasteiger charge is -2.24. The van der Waals surface area contributed by atoms with Crippen LogP contribution in [0, 0.1) is 0 Å². The fraction of sp³-hybridized carbons (Fsp3) is 0.381. The van der Waals surface area contributed by atoms with Crippen molar-refractivity contribution in [2.75, 3.05) is 0 Å². The van der Waals surface area contributed by atoms with Crippen LogP contribution in [-0.4, -0.2) is 26.7 Å². The lowest BCUT2D eigenvalue weighted by atomic mass is 9.98. The van der Waals surface area contributed by atoms with E-state index in [9.17, 15) is 4.79 Å². The molecule has 0 amide bonds. The minimum atomic E-state index is -0.373. The molecule has 2 aromatic carbocycles. The van der Waals surface area contributed by atoms with Crippen LogP contribution in [0.5, 0.6) is 0 Å². The van der Waals surface area contributed by atoms with Gasteiger partial charge in [0.05, 0.1) is 22.6 Å². The van der Waals surface area contributed by atoms with Gasteiger partial charge in [-0.25, -0.2) is 4.79 Å². The Morgan fingerprint density at radius 2 is 2.04 bits per heavy atom. The molecule has 0 fully saturated rings. The van der Waals surface area contributed by atoms with E-state index >= 15 is 0 Å². The van der Waals surface area contributed by atoms with Crippen LogP contribution in [-0.2, 0) is 13.0 Å². The molecule has 3 atom stereocenters. The summed E-state index contributed by atoms with van der Waals surface area (Å²) in [5, 5.41) is 12.4. The van der Waals surface area contributed by atoms with Crippen molar-refractivity contribution in [2.24, 2.45) is 0 Å². The second-order valence-electron chi connectivity index (χ2n) is 7.29. The van der Waals surface area contributed by atoms with Crippen molar-refractivity contribution in [3.63, 3.8) is 0 Å². The Balaban J connectivity index is 1.49. The maximum Gasteiger partial charge on any atom is 0.326 e. The highest BCUT2D eigenvalue weighted by Gasteiger charge is 2.32. The second-order valence-corrected chi connectivity index (χ2v) is 7.29. The first-order valence-electron chi connectivity index (χ1n) is 9.36. The molecule has 1 aromatic heterocycles. The van der Waals surface area contributed by atoms with Gasteiger partial charge < -0.3 is 15.4 Å². The Morgan fingerprint density at radius 3 is 2.85 bits per heavy atom. The molecule has 1 aliphatic rings. The number of aromatic nitrogens is 2. The van der Waals surface area contributed by atoms with Crippen LogP contribution in [0.3, 0.4) is 0 Å². The Bertz CT molecular complexity index is 945. The first-order chi connectivity index (χ1) is 12.6. The molecule has 0 radical (unpaired) electrons. The van der Waals surface area contributed by atoms with E-state index in [1.54, 1.807) is 4.57 Å². The fourth-order valence-corrected chi connectivity index (χ4v) is 4.02. The largest absolute Gasteiger partial charge is 0.438 e. The molecule has 1 aliphatic heterocycles. The molecule has 26 heavy (non-hydrogen) atoms. The maximum atomic E-state index is 12.2. The van der Waals surface area contributed by atoms with Crippen LogP contribution >= 0.6 is 0 Å². The van der Waals surface area contributed by atoms with Gasteiger partial charge in [0.2, 0.25) is 0 Å². The summed E-state index contributed by atoms with van der Waals surface area (Å²) in [6, 6.07) is 16.7. The highest BCUT2D eigenvalue weighted by molar-refractivity contribution is 5.79. The molecule has 3 aromatic rings. The van der Waals surface area contributed by atoms with Crippen molar-refractivity contribution < 1.29 is 5.11 Å². The number of nitrogens with one attached hydrogen (secondary N) is 2. The number of nitrogens with zero attached hydrogens (tertiary/aromatic N) is 1. The molecule has 4 rings (SSSR count). The van der Waals surface area contributed by atoms with Gasteiger partial charge in [0.25, 0.3) is 0 Å². The third kappa shape index (κ3) is 3.20. The summed E-state index contributed by atoms with van der Waals surface area (Å²) >= 11 is 0. The topological polar surface area (TPSA) is 72.7 Å². The summed E-state index contributed by atoms with van der Waals surface area (Å²) in [6.07, 6.45) is 2.47. The summed E-state index contributed by atoms with van der Waals surface area (Å²) in [6.45, 7) is 2.84. The summed E-state index contributed by atoms with van der Waals surface area (Å²) in [4.78, 5) is 15.1. The average Bonchev–Trinajstić information content (AvgIpc) is 2.91. The molecule has 0 saturated heterocycles. The highest BCUT2D eigenvalue weighted by Crippen LogP contribution is 2.30. The number of imidazole rings is 1. The highest BCUT2D eigenvalue weighted by atomic mass is 16.3. The van der Waals surface area contributed by atoms with Gasteiger partial charge in [-0.15, -0.1) is 0 Å². The molecule has 0 bridgehead atoms. The van der Waals surface area contributed by atoms with E-state index in [0.717, 1.165) is 35.9 Å². The van der Waals surface area contributed by atoms with Crippen molar-refractivity contribution in [3.8, 4) is 0 Å². The van der Waals surface area contributed by atoms with E-state index < -0.39 is 0 Å². The monoisotopic (exact) mass is 352 g/mol. The molecule has 0 spiro atoms. The van der Waals surface area contributed by atoms with E-state index in [0.29, 0.717) is 12.6 Å². The third-order valence-electron chi connectivity index (χ3n) is 5.43. The standard InChI is InChI=1S/C21H25N3O2/c1-14(10-11-15-6-3-2-4-7-15)22-18-12-13-24-19-16(20(18)25)8-5-9-17(19)23-21(24)26/h2-9,14,18,20,22,25H,10-13H2,1H3,(H,23,26)/p+1/t14?,18-,20-/m1/s1. The lowest BCUT2D eigenvalue weighted by Crippen LogP contribution is -2.41. The van der Waals surface area contributed by atoms with Crippen LogP contribution in [0.25, 0.3) is 11.0 Å². The van der Waals surface area contributed by atoms with Crippen LogP contribution in [0.2, 0.25) is 0 Å². The van der Waals surface area contributed by atoms with E-state index in [2.05, 4.69) is 41.5 Å². The van der Waals surface area contributed by atoms with E-state index in [1.165, 1.54) is 5.56 Å². The molecule has 5 heteroatoms. The Kier molecular flexibility index (Phi) is 4.66. The normalized spacial score (nSPS) is 20.8. The smallest absolute Gasteiger partial charge is 0.326 e. The number of aromatic amines is 1. The van der Waals surface area contributed by atoms with Crippen LogP contribution in [0.1, 0.15) is 37.0 Å². The number of hydrogen-bond acceptors (Lipinski definition) is 2. The van der Waals surface area contributed by atoms with Crippen molar-refractivity contribution in [3.05, 3.63) is 70.1 Å². The molecule has 0 saturated carbocycles. The summed E-state index contributed by atoms with van der Waals surface area (Å²) in [5.41, 5.74) is 3.95. The van der Waals surface area contributed by atoms with Crippen molar-refractivity contribution in [2.45, 2.75) is 50.9 Å². The van der Waals surface area contributed by atoms with Gasteiger partial charge in [0, 0.05) is 12.6 Å². The first kappa shape index (κ1) is 17.1. The third-order valence-corrected chi connectivity index (χ3v) is 5.43. The van der Waals surface area contributed by atoms with Gasteiger partial charge in [-0.1, -0.05) is 36.4 Å². The second kappa shape index (κ2) is 7.09. The number of para-hydroxylation sites is 1. The molecule has 5 nitrogen and oxygen atoms in total. The number of hydrogen-bond donors (Lipinski definition) is 2. The van der Waals surface area contributed by atoms with Crippen LogP contribution in [0.4, 0.5) is 0 Å². The summed E-state index contributed by atoms with van der Waals surface area (Å²) in [7, 11) is 0. The zero-order chi connectivity index (χ0) is 18.1. The minimum absolute atomic E-state index is 0.0469. The molecular weight excluding hydrogens is 326 g/mol. The van der Waals surface area contributed by atoms with Gasteiger partial charge in [-0.05, 0) is 43.9 Å². The lowest BCUT2D eigenvalue weighted by molar-refractivity contribution is 0.119. The summed E-state index contributed by atoms with van der Waals surface area (Å²) in [5.74, 6) is 0. The zero-order valence-electron chi connectivity index (χ0n) is 15.0. The number of H-pyrrole nitrogens is 1. The van der Waals surface area contributed by atoms with Gasteiger partial charge in [0.1, 0.15) is 0 Å². The molecule has 0 aliphatic carbocycles. The molecule has 1 unspecified atom stereocenters. The Hall–Kier alpha value is -2.37. The van der Waals surface area contributed by atoms with E-state index in [-0.39, 0.29) is 17.8 Å². The zero-order valence-corrected chi connectivity index (χ0v) is 15.0. The minimum Gasteiger partial charge on any atom is -0.438 e. The van der Waals surface area contributed by atoms with E-state index in [1.807, 2.05) is 24.3 Å². The number of rotatable bonds is 5. The van der Waals surface area contributed by atoms with Crippen molar-refractivity contribution >= 4 is 11.0 Å². The summed E-state index contributed by atoms with van der Waals surface area (Å²) < 4.78 is 1.79. The SMILES string of the molecule is CC(CCc1ccccc1)N[C@@H]1CCn2c(=O)[nH]c3cccc(c32)[C@H]1[OH2+]. The maximum absolute atomic E-state index is 12.2. The molecular formula is C21H26N3O2+.